The molecule has 3 rings (SSSR count). The molecule has 0 saturated carbocycles. The minimum Gasteiger partial charge on any atom is -0.491 e. The van der Waals surface area contributed by atoms with Crippen LogP contribution in [0.15, 0.2) is 48.5 Å². The number of hydrogen-bond acceptors (Lipinski definition) is 4. The molecule has 0 aliphatic carbocycles. The van der Waals surface area contributed by atoms with Gasteiger partial charge in [0.25, 0.3) is 0 Å². The third kappa shape index (κ3) is 3.28. The van der Waals surface area contributed by atoms with Crippen molar-refractivity contribution in [2.45, 2.75) is 6.10 Å². The van der Waals surface area contributed by atoms with Crippen molar-refractivity contribution >= 4 is 0 Å². The average Bonchev–Trinajstić information content (AvgIpc) is 3.32. The van der Waals surface area contributed by atoms with Crippen LogP contribution in [0.2, 0.25) is 0 Å². The molecular formula is C16H13NO3. The smallest absolute Gasteiger partial charge is 0.127 e. The Balaban J connectivity index is 1.60. The number of benzene rings is 2. The molecule has 0 bridgehead atoms. The Labute approximate surface area is 117 Å². The Kier molecular flexibility index (Phi) is 3.53. The van der Waals surface area contributed by atoms with Gasteiger partial charge < -0.3 is 14.2 Å². The van der Waals surface area contributed by atoms with Crippen LogP contribution in [0.1, 0.15) is 5.56 Å². The zero-order valence-corrected chi connectivity index (χ0v) is 10.8. The molecule has 4 heteroatoms. The molecule has 2 aromatic carbocycles. The van der Waals surface area contributed by atoms with E-state index < -0.39 is 0 Å². The van der Waals surface area contributed by atoms with Crippen LogP contribution in [0.4, 0.5) is 0 Å². The van der Waals surface area contributed by atoms with Crippen molar-refractivity contribution in [2.75, 3.05) is 13.2 Å². The highest BCUT2D eigenvalue weighted by Crippen LogP contribution is 2.24. The summed E-state index contributed by atoms with van der Waals surface area (Å²) in [5, 5.41) is 8.73. The van der Waals surface area contributed by atoms with Gasteiger partial charge in [-0.25, -0.2) is 0 Å². The van der Waals surface area contributed by atoms with Crippen LogP contribution in [-0.2, 0) is 4.74 Å². The number of hydrogen-bond donors (Lipinski definition) is 0. The van der Waals surface area contributed by atoms with Crippen LogP contribution in [0.5, 0.6) is 17.2 Å². The topological polar surface area (TPSA) is 54.8 Å². The summed E-state index contributed by atoms with van der Waals surface area (Å²) in [5.74, 6) is 2.22. The molecule has 1 heterocycles. The van der Waals surface area contributed by atoms with Gasteiger partial charge in [-0.3, -0.25) is 0 Å². The second-order valence-electron chi connectivity index (χ2n) is 4.48. The van der Waals surface area contributed by atoms with Crippen molar-refractivity contribution in [1.82, 2.24) is 0 Å². The summed E-state index contributed by atoms with van der Waals surface area (Å²) in [6.45, 7) is 1.38. The summed E-state index contributed by atoms with van der Waals surface area (Å²) in [5.41, 5.74) is 0.614. The molecule has 0 N–H and O–H groups in total. The largest absolute Gasteiger partial charge is 0.491 e. The Morgan fingerprint density at radius 1 is 1.00 bits per heavy atom. The zero-order chi connectivity index (χ0) is 13.8. The first-order valence-corrected chi connectivity index (χ1v) is 6.36. The van der Waals surface area contributed by atoms with E-state index in [2.05, 4.69) is 6.07 Å². The third-order valence-corrected chi connectivity index (χ3v) is 2.88. The molecule has 0 radical (unpaired) electrons. The predicted octanol–water partition coefficient (Wildman–Crippen LogP) is 3.13. The van der Waals surface area contributed by atoms with Crippen molar-refractivity contribution in [2.24, 2.45) is 0 Å². The Hall–Kier alpha value is -2.51. The SMILES string of the molecule is N#Cc1ccc(Oc2ccc(OCC3CO3)cc2)cc1. The fourth-order valence-electron chi connectivity index (χ4n) is 1.69. The van der Waals surface area contributed by atoms with E-state index in [9.17, 15) is 0 Å². The molecule has 0 aromatic heterocycles. The summed E-state index contributed by atoms with van der Waals surface area (Å²) < 4.78 is 16.3. The predicted molar refractivity (Wildman–Crippen MR) is 72.9 cm³/mol. The maximum atomic E-state index is 8.73. The van der Waals surface area contributed by atoms with Crippen LogP contribution in [0.3, 0.4) is 0 Å². The average molecular weight is 267 g/mol. The third-order valence-electron chi connectivity index (χ3n) is 2.88. The van der Waals surface area contributed by atoms with Gasteiger partial charge in [0, 0.05) is 0 Å². The summed E-state index contributed by atoms with van der Waals surface area (Å²) >= 11 is 0. The molecule has 0 spiro atoms. The lowest BCUT2D eigenvalue weighted by atomic mass is 10.2. The van der Waals surface area contributed by atoms with E-state index in [0.29, 0.717) is 17.9 Å². The second-order valence-corrected chi connectivity index (χ2v) is 4.48. The lowest BCUT2D eigenvalue weighted by Gasteiger charge is -2.07. The molecule has 2 aromatic rings. The molecule has 0 amide bonds. The molecule has 1 atom stereocenters. The summed E-state index contributed by atoms with van der Waals surface area (Å²) in [6, 6.07) is 16.5. The minimum atomic E-state index is 0.254. The number of nitriles is 1. The van der Waals surface area contributed by atoms with Gasteiger partial charge in [0.1, 0.15) is 30.0 Å². The van der Waals surface area contributed by atoms with Gasteiger partial charge in [-0.15, -0.1) is 0 Å². The maximum Gasteiger partial charge on any atom is 0.127 e. The molecule has 20 heavy (non-hydrogen) atoms. The second kappa shape index (κ2) is 5.64. The Morgan fingerprint density at radius 3 is 2.10 bits per heavy atom. The number of nitrogens with zero attached hydrogens (tertiary/aromatic N) is 1. The van der Waals surface area contributed by atoms with E-state index in [1.54, 1.807) is 24.3 Å². The van der Waals surface area contributed by atoms with E-state index in [0.717, 1.165) is 18.1 Å². The van der Waals surface area contributed by atoms with Crippen LogP contribution in [0.25, 0.3) is 0 Å². The van der Waals surface area contributed by atoms with E-state index in [4.69, 9.17) is 19.5 Å². The van der Waals surface area contributed by atoms with Crippen LogP contribution in [0, 0.1) is 11.3 Å². The van der Waals surface area contributed by atoms with Crippen molar-refractivity contribution in [1.29, 1.82) is 5.26 Å². The Morgan fingerprint density at radius 2 is 1.55 bits per heavy atom. The van der Waals surface area contributed by atoms with E-state index >= 15 is 0 Å². The maximum absolute atomic E-state index is 8.73. The molecule has 4 nitrogen and oxygen atoms in total. The first kappa shape index (κ1) is 12.5. The van der Waals surface area contributed by atoms with Crippen LogP contribution in [-0.4, -0.2) is 19.3 Å². The zero-order valence-electron chi connectivity index (χ0n) is 10.8. The number of ether oxygens (including phenoxy) is 3. The highest BCUT2D eigenvalue weighted by atomic mass is 16.6. The molecule has 100 valence electrons. The van der Waals surface area contributed by atoms with Gasteiger partial charge in [0.15, 0.2) is 0 Å². The standard InChI is InChI=1S/C16H13NO3/c17-9-12-1-3-14(4-2-12)20-15-7-5-13(6-8-15)18-10-16-11-19-16/h1-8,16H,10-11H2. The minimum absolute atomic E-state index is 0.254. The van der Waals surface area contributed by atoms with E-state index in [1.165, 1.54) is 0 Å². The fourth-order valence-corrected chi connectivity index (χ4v) is 1.69. The fraction of sp³-hybridized carbons (Fsp3) is 0.188. The summed E-state index contributed by atoms with van der Waals surface area (Å²) in [6.07, 6.45) is 0.254. The molecule has 1 aliphatic heterocycles. The number of rotatable bonds is 5. The van der Waals surface area contributed by atoms with Gasteiger partial charge in [0.2, 0.25) is 0 Å². The van der Waals surface area contributed by atoms with Gasteiger partial charge in [-0.2, -0.15) is 5.26 Å². The summed E-state index contributed by atoms with van der Waals surface area (Å²) in [7, 11) is 0. The van der Waals surface area contributed by atoms with Crippen LogP contribution >= 0.6 is 0 Å². The van der Waals surface area contributed by atoms with Crippen LogP contribution < -0.4 is 9.47 Å². The van der Waals surface area contributed by atoms with Gasteiger partial charge in [-0.1, -0.05) is 0 Å². The van der Waals surface area contributed by atoms with Crippen molar-refractivity contribution in [3.8, 4) is 23.3 Å². The van der Waals surface area contributed by atoms with Crippen molar-refractivity contribution in [3.63, 3.8) is 0 Å². The molecule has 1 saturated heterocycles. The summed E-state index contributed by atoms with van der Waals surface area (Å²) in [4.78, 5) is 0. The van der Waals surface area contributed by atoms with Gasteiger partial charge >= 0.3 is 0 Å². The lowest BCUT2D eigenvalue weighted by Crippen LogP contribution is -2.03. The first-order valence-electron chi connectivity index (χ1n) is 6.36. The highest BCUT2D eigenvalue weighted by Gasteiger charge is 2.22. The van der Waals surface area contributed by atoms with Crippen molar-refractivity contribution in [3.05, 3.63) is 54.1 Å². The molecule has 1 unspecified atom stereocenters. The van der Waals surface area contributed by atoms with Crippen molar-refractivity contribution < 1.29 is 14.2 Å². The molecule has 1 aliphatic rings. The number of epoxide rings is 1. The first-order chi connectivity index (χ1) is 9.83. The monoisotopic (exact) mass is 267 g/mol. The molecule has 1 fully saturated rings. The van der Waals surface area contributed by atoms with Gasteiger partial charge in [0.05, 0.1) is 18.2 Å². The molecular weight excluding hydrogens is 254 g/mol. The normalized spacial score (nSPS) is 16.2. The van der Waals surface area contributed by atoms with E-state index in [-0.39, 0.29) is 6.10 Å². The lowest BCUT2D eigenvalue weighted by molar-refractivity contribution is 0.263. The Bertz CT molecular complexity index is 610. The quantitative estimate of drug-likeness (QED) is 0.781. The van der Waals surface area contributed by atoms with Gasteiger partial charge in [-0.05, 0) is 48.5 Å². The van der Waals surface area contributed by atoms with E-state index in [1.807, 2.05) is 24.3 Å². The highest BCUT2D eigenvalue weighted by molar-refractivity contribution is 5.38.